The lowest BCUT2D eigenvalue weighted by atomic mass is 10.00. The van der Waals surface area contributed by atoms with Crippen molar-refractivity contribution in [2.45, 2.75) is 33.7 Å². The molecule has 0 saturated carbocycles. The number of aryl methyl sites for hydroxylation is 3. The van der Waals surface area contributed by atoms with Crippen molar-refractivity contribution in [3.8, 4) is 11.3 Å². The zero-order chi connectivity index (χ0) is 14.1. The van der Waals surface area contributed by atoms with E-state index < -0.39 is 0 Å². The van der Waals surface area contributed by atoms with E-state index in [9.17, 15) is 0 Å². The summed E-state index contributed by atoms with van der Waals surface area (Å²) in [5.74, 6) is 0. The summed E-state index contributed by atoms with van der Waals surface area (Å²) in [5, 5.41) is 1.33. The van der Waals surface area contributed by atoms with E-state index in [1.165, 1.54) is 33.3 Å². The second-order valence-corrected chi connectivity index (χ2v) is 5.51. The van der Waals surface area contributed by atoms with Crippen LogP contribution < -0.4 is 0 Å². The van der Waals surface area contributed by atoms with Crippen molar-refractivity contribution in [3.05, 3.63) is 59.7 Å². The van der Waals surface area contributed by atoms with E-state index in [1.54, 1.807) is 0 Å². The van der Waals surface area contributed by atoms with Crippen LogP contribution in [0.2, 0.25) is 0 Å². The van der Waals surface area contributed by atoms with E-state index in [4.69, 9.17) is 0 Å². The molecule has 1 heteroatoms. The van der Waals surface area contributed by atoms with Gasteiger partial charge in [-0.2, -0.15) is 0 Å². The van der Waals surface area contributed by atoms with Crippen molar-refractivity contribution in [3.63, 3.8) is 0 Å². The average Bonchev–Trinajstić information content (AvgIpc) is 2.78. The highest BCUT2D eigenvalue weighted by molar-refractivity contribution is 5.88. The minimum atomic E-state index is 1.07. The zero-order valence-corrected chi connectivity index (χ0v) is 12.5. The second-order valence-electron chi connectivity index (χ2n) is 5.51. The summed E-state index contributed by atoms with van der Waals surface area (Å²) in [5.41, 5.74) is 6.78. The first-order chi connectivity index (χ1) is 9.72. The van der Waals surface area contributed by atoms with E-state index in [1.807, 2.05) is 0 Å². The summed E-state index contributed by atoms with van der Waals surface area (Å²) in [4.78, 5) is 0. The Bertz CT molecular complexity index is 729. The molecule has 0 bridgehead atoms. The molecule has 2 aromatic carbocycles. The van der Waals surface area contributed by atoms with Crippen molar-refractivity contribution >= 4 is 10.9 Å². The van der Waals surface area contributed by atoms with Crippen molar-refractivity contribution in [2.24, 2.45) is 0 Å². The van der Waals surface area contributed by atoms with E-state index >= 15 is 0 Å². The number of para-hydroxylation sites is 1. The molecule has 3 rings (SSSR count). The normalized spacial score (nSPS) is 11.2. The molecular formula is C19H21N. The van der Waals surface area contributed by atoms with Gasteiger partial charge in [0.15, 0.2) is 0 Å². The Morgan fingerprint density at radius 2 is 1.60 bits per heavy atom. The van der Waals surface area contributed by atoms with Crippen LogP contribution in [0.4, 0.5) is 0 Å². The van der Waals surface area contributed by atoms with Crippen LogP contribution in [-0.2, 0) is 6.54 Å². The van der Waals surface area contributed by atoms with E-state index in [-0.39, 0.29) is 0 Å². The van der Waals surface area contributed by atoms with Crippen molar-refractivity contribution in [1.29, 1.82) is 0 Å². The smallest absolute Gasteiger partial charge is 0.0496 e. The molecule has 0 N–H and O–H groups in total. The van der Waals surface area contributed by atoms with Crippen LogP contribution >= 0.6 is 0 Å². The van der Waals surface area contributed by atoms with Gasteiger partial charge >= 0.3 is 0 Å². The van der Waals surface area contributed by atoms with Gasteiger partial charge in [0.25, 0.3) is 0 Å². The van der Waals surface area contributed by atoms with Gasteiger partial charge < -0.3 is 4.57 Å². The van der Waals surface area contributed by atoms with Crippen molar-refractivity contribution in [2.75, 3.05) is 0 Å². The first kappa shape index (κ1) is 13.0. The monoisotopic (exact) mass is 263 g/mol. The van der Waals surface area contributed by atoms with Gasteiger partial charge in [0, 0.05) is 28.7 Å². The summed E-state index contributed by atoms with van der Waals surface area (Å²) in [6, 6.07) is 17.6. The predicted molar refractivity (Wildman–Crippen MR) is 87.1 cm³/mol. The quantitative estimate of drug-likeness (QED) is 0.601. The van der Waals surface area contributed by atoms with Gasteiger partial charge in [0.1, 0.15) is 0 Å². The number of benzene rings is 2. The Labute approximate surface area is 120 Å². The van der Waals surface area contributed by atoms with Crippen LogP contribution in [0.1, 0.15) is 24.5 Å². The molecule has 3 aromatic rings. The maximum atomic E-state index is 2.46. The van der Waals surface area contributed by atoms with Gasteiger partial charge in [-0.1, -0.05) is 43.3 Å². The summed E-state index contributed by atoms with van der Waals surface area (Å²) in [6.07, 6.45) is 1.15. The molecular weight excluding hydrogens is 242 g/mol. The molecule has 0 radical (unpaired) electrons. The SMILES string of the molecule is CCCn1c(-c2c(C)cccc2C)cc2ccccc21. The van der Waals surface area contributed by atoms with E-state index in [0.717, 1.165) is 13.0 Å². The summed E-state index contributed by atoms with van der Waals surface area (Å²) in [6.45, 7) is 7.71. The van der Waals surface area contributed by atoms with Crippen molar-refractivity contribution in [1.82, 2.24) is 4.57 Å². The lowest BCUT2D eigenvalue weighted by Crippen LogP contribution is -2.01. The molecule has 0 aliphatic carbocycles. The predicted octanol–water partition coefficient (Wildman–Crippen LogP) is 5.34. The highest BCUT2D eigenvalue weighted by Gasteiger charge is 2.13. The number of hydrogen-bond donors (Lipinski definition) is 0. The molecule has 0 unspecified atom stereocenters. The van der Waals surface area contributed by atoms with Crippen LogP contribution in [0.5, 0.6) is 0 Å². The maximum Gasteiger partial charge on any atom is 0.0496 e. The zero-order valence-electron chi connectivity index (χ0n) is 12.5. The molecule has 0 aliphatic heterocycles. The Kier molecular flexibility index (Phi) is 3.35. The minimum absolute atomic E-state index is 1.07. The number of rotatable bonds is 3. The van der Waals surface area contributed by atoms with Gasteiger partial charge in [-0.25, -0.2) is 0 Å². The van der Waals surface area contributed by atoms with Gasteiger partial charge in [0.05, 0.1) is 0 Å². The van der Waals surface area contributed by atoms with E-state index in [0.29, 0.717) is 0 Å². The molecule has 1 aromatic heterocycles. The first-order valence-corrected chi connectivity index (χ1v) is 7.37. The van der Waals surface area contributed by atoms with Gasteiger partial charge in [0.2, 0.25) is 0 Å². The summed E-state index contributed by atoms with van der Waals surface area (Å²) >= 11 is 0. The third-order valence-corrected chi connectivity index (χ3v) is 4.00. The number of aromatic nitrogens is 1. The lowest BCUT2D eigenvalue weighted by Gasteiger charge is -2.14. The first-order valence-electron chi connectivity index (χ1n) is 7.37. The standard InChI is InChI=1S/C19H21N/c1-4-12-20-17-11-6-5-10-16(17)13-18(20)19-14(2)8-7-9-15(19)3/h5-11,13H,4,12H2,1-3H3. The van der Waals surface area contributed by atoms with Crippen LogP contribution in [-0.4, -0.2) is 4.57 Å². The molecule has 102 valence electrons. The molecule has 0 aliphatic rings. The van der Waals surface area contributed by atoms with Gasteiger partial charge in [-0.15, -0.1) is 0 Å². The Hall–Kier alpha value is -2.02. The van der Waals surface area contributed by atoms with E-state index in [2.05, 4.69) is 73.9 Å². The van der Waals surface area contributed by atoms with Crippen LogP contribution in [0.3, 0.4) is 0 Å². The maximum absolute atomic E-state index is 2.46. The highest BCUT2D eigenvalue weighted by atomic mass is 15.0. The van der Waals surface area contributed by atoms with Crippen LogP contribution in [0.25, 0.3) is 22.2 Å². The molecule has 0 saturated heterocycles. The molecule has 0 spiro atoms. The Morgan fingerprint density at radius 1 is 0.900 bits per heavy atom. The topological polar surface area (TPSA) is 4.93 Å². The largest absolute Gasteiger partial charge is 0.340 e. The Balaban J connectivity index is 2.33. The minimum Gasteiger partial charge on any atom is -0.340 e. The Morgan fingerprint density at radius 3 is 2.30 bits per heavy atom. The lowest BCUT2D eigenvalue weighted by molar-refractivity contribution is 0.709. The number of fused-ring (bicyclic) bond motifs is 1. The van der Waals surface area contributed by atoms with Crippen LogP contribution in [0.15, 0.2) is 48.5 Å². The molecule has 1 nitrogen and oxygen atoms in total. The van der Waals surface area contributed by atoms with Gasteiger partial charge in [-0.3, -0.25) is 0 Å². The average molecular weight is 263 g/mol. The number of nitrogens with zero attached hydrogens (tertiary/aromatic N) is 1. The summed E-state index contributed by atoms with van der Waals surface area (Å²) < 4.78 is 2.46. The molecule has 0 fully saturated rings. The third-order valence-electron chi connectivity index (χ3n) is 4.00. The second kappa shape index (κ2) is 5.16. The molecule has 1 heterocycles. The number of hydrogen-bond acceptors (Lipinski definition) is 0. The molecule has 0 amide bonds. The fraction of sp³-hybridized carbons (Fsp3) is 0.263. The summed E-state index contributed by atoms with van der Waals surface area (Å²) in [7, 11) is 0. The highest BCUT2D eigenvalue weighted by Crippen LogP contribution is 2.32. The fourth-order valence-electron chi connectivity index (χ4n) is 3.10. The molecule has 20 heavy (non-hydrogen) atoms. The van der Waals surface area contributed by atoms with Crippen molar-refractivity contribution < 1.29 is 0 Å². The fourth-order valence-corrected chi connectivity index (χ4v) is 3.10. The molecule has 0 atom stereocenters. The third kappa shape index (κ3) is 2.03. The van der Waals surface area contributed by atoms with Crippen LogP contribution in [0, 0.1) is 13.8 Å². The van der Waals surface area contributed by atoms with Gasteiger partial charge in [-0.05, 0) is 43.5 Å².